The number of hydrogen-bond donors (Lipinski definition) is 2. The molecule has 1 aliphatic rings. The van der Waals surface area contributed by atoms with Gasteiger partial charge in [-0.1, -0.05) is 30.9 Å². The highest BCUT2D eigenvalue weighted by atomic mass is 16.3. The first kappa shape index (κ1) is 19.9. The third-order valence-corrected chi connectivity index (χ3v) is 4.85. The van der Waals surface area contributed by atoms with Gasteiger partial charge in [0.15, 0.2) is 0 Å². The van der Waals surface area contributed by atoms with Gasteiger partial charge in [0, 0.05) is 38.3 Å². The summed E-state index contributed by atoms with van der Waals surface area (Å²) in [5.74, 6) is 6.74. The first-order valence-electron chi connectivity index (χ1n) is 9.17. The minimum absolute atomic E-state index is 0.268. The van der Waals surface area contributed by atoms with E-state index in [2.05, 4.69) is 47.7 Å². The molecule has 25 heavy (non-hydrogen) atoms. The molecule has 0 aromatic heterocycles. The average molecular weight is 344 g/mol. The number of benzene rings is 1. The molecule has 1 aliphatic heterocycles. The monoisotopic (exact) mass is 344 g/mol. The van der Waals surface area contributed by atoms with Gasteiger partial charge in [0.05, 0.1) is 0 Å². The minimum Gasteiger partial charge on any atom is -0.396 e. The molecular formula is C21H32N2O2. The molecule has 0 unspecified atom stereocenters. The van der Waals surface area contributed by atoms with Crippen molar-refractivity contribution in [3.63, 3.8) is 0 Å². The van der Waals surface area contributed by atoms with Crippen molar-refractivity contribution < 1.29 is 10.2 Å². The molecule has 2 atom stereocenters. The molecule has 0 amide bonds. The van der Waals surface area contributed by atoms with Crippen molar-refractivity contribution >= 4 is 0 Å². The standard InChI is InChI=1S/C21H32N2O2/c1-5-22(4)13-19-14-23(15-20(19)16-24)12-18-8-6-17(7-9-18)10-11-21(2,3)25/h6-9,19-20,24-25H,5,12-16H2,1-4H3/t19-,20-/m1/s1. The van der Waals surface area contributed by atoms with Crippen molar-refractivity contribution in [2.45, 2.75) is 32.9 Å². The number of nitrogens with zero attached hydrogens (tertiary/aromatic N) is 2. The first-order chi connectivity index (χ1) is 11.8. The van der Waals surface area contributed by atoms with Gasteiger partial charge in [0.2, 0.25) is 0 Å². The van der Waals surface area contributed by atoms with Crippen molar-refractivity contribution in [2.24, 2.45) is 11.8 Å². The Morgan fingerprint density at radius 2 is 1.84 bits per heavy atom. The van der Waals surface area contributed by atoms with Gasteiger partial charge in [-0.25, -0.2) is 0 Å². The van der Waals surface area contributed by atoms with E-state index in [1.807, 2.05) is 12.1 Å². The Morgan fingerprint density at radius 1 is 1.20 bits per heavy atom. The lowest BCUT2D eigenvalue weighted by Crippen LogP contribution is -2.31. The zero-order chi connectivity index (χ0) is 18.4. The van der Waals surface area contributed by atoms with Crippen LogP contribution in [0.2, 0.25) is 0 Å². The van der Waals surface area contributed by atoms with Crippen LogP contribution in [0.1, 0.15) is 31.9 Å². The Morgan fingerprint density at radius 3 is 2.40 bits per heavy atom. The predicted molar refractivity (Wildman–Crippen MR) is 102 cm³/mol. The summed E-state index contributed by atoms with van der Waals surface area (Å²) < 4.78 is 0. The molecule has 138 valence electrons. The Balaban J connectivity index is 1.94. The molecule has 0 aliphatic carbocycles. The Kier molecular flexibility index (Phi) is 7.04. The van der Waals surface area contributed by atoms with Crippen LogP contribution in [-0.2, 0) is 6.54 Å². The summed E-state index contributed by atoms with van der Waals surface area (Å²) >= 11 is 0. The van der Waals surface area contributed by atoms with E-state index in [4.69, 9.17) is 0 Å². The van der Waals surface area contributed by atoms with Crippen molar-refractivity contribution in [2.75, 3.05) is 39.8 Å². The van der Waals surface area contributed by atoms with Gasteiger partial charge in [-0.15, -0.1) is 0 Å². The smallest absolute Gasteiger partial charge is 0.120 e. The third kappa shape index (κ3) is 6.45. The minimum atomic E-state index is -0.964. The quantitative estimate of drug-likeness (QED) is 0.773. The molecule has 1 saturated heterocycles. The lowest BCUT2D eigenvalue weighted by atomic mass is 9.96. The molecule has 1 aromatic rings. The van der Waals surface area contributed by atoms with Gasteiger partial charge >= 0.3 is 0 Å². The highest BCUT2D eigenvalue weighted by molar-refractivity contribution is 5.37. The van der Waals surface area contributed by atoms with Crippen LogP contribution < -0.4 is 0 Å². The molecule has 4 nitrogen and oxygen atoms in total. The molecule has 2 N–H and O–H groups in total. The summed E-state index contributed by atoms with van der Waals surface area (Å²) in [6.07, 6.45) is 0. The van der Waals surface area contributed by atoms with Crippen molar-refractivity contribution in [3.8, 4) is 11.8 Å². The summed E-state index contributed by atoms with van der Waals surface area (Å²) in [4.78, 5) is 4.76. The zero-order valence-corrected chi connectivity index (χ0v) is 16.0. The van der Waals surface area contributed by atoms with Gasteiger partial charge in [0.1, 0.15) is 5.60 Å². The average Bonchev–Trinajstić information content (AvgIpc) is 2.94. The van der Waals surface area contributed by atoms with Crippen molar-refractivity contribution in [1.82, 2.24) is 9.80 Å². The van der Waals surface area contributed by atoms with Crippen LogP contribution in [-0.4, -0.2) is 65.4 Å². The normalized spacial score (nSPS) is 21.4. The topological polar surface area (TPSA) is 46.9 Å². The molecule has 0 spiro atoms. The lowest BCUT2D eigenvalue weighted by Gasteiger charge is -2.22. The first-order valence-corrected chi connectivity index (χ1v) is 9.17. The highest BCUT2D eigenvalue weighted by Crippen LogP contribution is 2.25. The second-order valence-corrected chi connectivity index (χ2v) is 7.76. The number of likely N-dealkylation sites (tertiary alicyclic amines) is 1. The second-order valence-electron chi connectivity index (χ2n) is 7.76. The van der Waals surface area contributed by atoms with Crippen molar-refractivity contribution in [3.05, 3.63) is 35.4 Å². The van der Waals surface area contributed by atoms with E-state index in [0.717, 1.165) is 38.3 Å². The van der Waals surface area contributed by atoms with E-state index in [1.54, 1.807) is 13.8 Å². The number of aliphatic hydroxyl groups is 2. The molecule has 0 radical (unpaired) electrons. The maximum absolute atomic E-state index is 9.69. The predicted octanol–water partition coefficient (Wildman–Crippen LogP) is 1.80. The second kappa shape index (κ2) is 8.82. The molecule has 0 saturated carbocycles. The lowest BCUT2D eigenvalue weighted by molar-refractivity contribution is 0.143. The van der Waals surface area contributed by atoms with Crippen LogP contribution in [0.4, 0.5) is 0 Å². The largest absolute Gasteiger partial charge is 0.396 e. The molecule has 1 heterocycles. The molecular weight excluding hydrogens is 312 g/mol. The van der Waals surface area contributed by atoms with E-state index in [1.165, 1.54) is 5.56 Å². The highest BCUT2D eigenvalue weighted by Gasteiger charge is 2.32. The van der Waals surface area contributed by atoms with Crippen LogP contribution in [0.3, 0.4) is 0 Å². The van der Waals surface area contributed by atoms with Gasteiger partial charge in [0.25, 0.3) is 0 Å². The van der Waals surface area contributed by atoms with Crippen molar-refractivity contribution in [1.29, 1.82) is 0 Å². The fourth-order valence-corrected chi connectivity index (χ4v) is 3.28. The third-order valence-electron chi connectivity index (χ3n) is 4.85. The molecule has 4 heteroatoms. The maximum atomic E-state index is 9.69. The summed E-state index contributed by atoms with van der Waals surface area (Å²) in [5, 5.41) is 19.4. The summed E-state index contributed by atoms with van der Waals surface area (Å²) in [6.45, 7) is 10.8. The van der Waals surface area contributed by atoms with E-state index in [9.17, 15) is 10.2 Å². The SMILES string of the molecule is CCN(C)C[C@@H]1CN(Cc2ccc(C#CC(C)(C)O)cc2)C[C@@H]1CO. The van der Waals surface area contributed by atoms with Gasteiger partial charge in [-0.05, 0) is 57.0 Å². The zero-order valence-electron chi connectivity index (χ0n) is 16.0. The van der Waals surface area contributed by atoms with E-state index >= 15 is 0 Å². The van der Waals surface area contributed by atoms with Gasteiger partial charge < -0.3 is 15.1 Å². The Hall–Kier alpha value is -1.38. The summed E-state index contributed by atoms with van der Waals surface area (Å²) in [6, 6.07) is 8.23. The van der Waals surface area contributed by atoms with Crippen LogP contribution in [0.5, 0.6) is 0 Å². The fraction of sp³-hybridized carbons (Fsp3) is 0.619. The number of aliphatic hydroxyl groups excluding tert-OH is 1. The number of rotatable bonds is 6. The van der Waals surface area contributed by atoms with Gasteiger partial charge in [-0.2, -0.15) is 0 Å². The maximum Gasteiger partial charge on any atom is 0.120 e. The van der Waals surface area contributed by atoms with Crippen LogP contribution in [0.25, 0.3) is 0 Å². The Bertz CT molecular complexity index is 595. The van der Waals surface area contributed by atoms with Crippen LogP contribution >= 0.6 is 0 Å². The van der Waals surface area contributed by atoms with Crippen LogP contribution in [0, 0.1) is 23.7 Å². The molecule has 1 fully saturated rings. The van der Waals surface area contributed by atoms with Gasteiger partial charge in [-0.3, -0.25) is 4.90 Å². The van der Waals surface area contributed by atoms with Crippen LogP contribution in [0.15, 0.2) is 24.3 Å². The fourth-order valence-electron chi connectivity index (χ4n) is 3.28. The molecule has 0 bridgehead atoms. The summed E-state index contributed by atoms with van der Waals surface area (Å²) in [7, 11) is 2.14. The summed E-state index contributed by atoms with van der Waals surface area (Å²) in [5.41, 5.74) is 1.21. The Labute approximate surface area is 152 Å². The van der Waals surface area contributed by atoms with E-state index in [0.29, 0.717) is 11.8 Å². The van der Waals surface area contributed by atoms with E-state index < -0.39 is 5.60 Å². The number of hydrogen-bond acceptors (Lipinski definition) is 4. The van der Waals surface area contributed by atoms with E-state index in [-0.39, 0.29) is 6.61 Å². The molecule has 2 rings (SSSR count). The molecule has 1 aromatic carbocycles.